The number of likely N-dealkylation sites (N-methyl/N-ethyl adjacent to an activating group) is 1. The summed E-state index contributed by atoms with van der Waals surface area (Å²) in [5.41, 5.74) is 2.14. The van der Waals surface area contributed by atoms with Gasteiger partial charge in [0, 0.05) is 7.05 Å². The lowest BCUT2D eigenvalue weighted by Gasteiger charge is -2.30. The molecule has 0 radical (unpaired) electrons. The average molecular weight is 262 g/mol. The molecule has 1 unspecified atom stereocenters. The Morgan fingerprint density at radius 3 is 2.89 bits per heavy atom. The Morgan fingerprint density at radius 2 is 2.16 bits per heavy atom. The highest BCUT2D eigenvalue weighted by molar-refractivity contribution is 5.99. The van der Waals surface area contributed by atoms with E-state index in [2.05, 4.69) is 17.4 Å². The Balaban J connectivity index is 2.08. The molecule has 4 nitrogen and oxygen atoms in total. The van der Waals surface area contributed by atoms with Crippen LogP contribution in [0.3, 0.4) is 0 Å². The number of hydrogen-bond acceptors (Lipinski definition) is 3. The first-order valence-electron chi connectivity index (χ1n) is 6.85. The molecule has 1 amide bonds. The molecule has 1 aromatic carbocycles. The van der Waals surface area contributed by atoms with Gasteiger partial charge in [-0.05, 0) is 57.5 Å². The summed E-state index contributed by atoms with van der Waals surface area (Å²) in [5.74, 6) is 0.813. The van der Waals surface area contributed by atoms with Crippen LogP contribution in [0.4, 0.5) is 5.69 Å². The number of amides is 1. The monoisotopic (exact) mass is 262 g/mol. The van der Waals surface area contributed by atoms with Crippen molar-refractivity contribution in [2.24, 2.45) is 0 Å². The topological polar surface area (TPSA) is 41.6 Å². The van der Waals surface area contributed by atoms with Crippen LogP contribution in [0.5, 0.6) is 5.75 Å². The Kier molecular flexibility index (Phi) is 4.43. The van der Waals surface area contributed by atoms with Crippen LogP contribution < -0.4 is 15.0 Å². The Hall–Kier alpha value is -1.55. The molecule has 4 heteroatoms. The number of fused-ring (bicyclic) bond motifs is 1. The number of aryl methyl sites for hydroxylation is 1. The fourth-order valence-corrected chi connectivity index (χ4v) is 2.34. The molecule has 0 aromatic heterocycles. The zero-order valence-corrected chi connectivity index (χ0v) is 11.9. The molecule has 0 saturated carbocycles. The average Bonchev–Trinajstić information content (AvgIpc) is 2.42. The zero-order valence-electron chi connectivity index (χ0n) is 11.9. The van der Waals surface area contributed by atoms with E-state index in [1.165, 1.54) is 5.56 Å². The van der Waals surface area contributed by atoms with Crippen molar-refractivity contribution in [1.82, 2.24) is 5.32 Å². The maximum Gasteiger partial charge on any atom is 0.267 e. The lowest BCUT2D eigenvalue weighted by molar-refractivity contribution is -0.125. The van der Waals surface area contributed by atoms with Crippen molar-refractivity contribution in [3.8, 4) is 5.75 Å². The van der Waals surface area contributed by atoms with Gasteiger partial charge in [0.15, 0.2) is 6.10 Å². The van der Waals surface area contributed by atoms with Crippen LogP contribution in [0.25, 0.3) is 0 Å². The Bertz CT molecular complexity index is 459. The van der Waals surface area contributed by atoms with E-state index in [4.69, 9.17) is 4.74 Å². The van der Waals surface area contributed by atoms with Gasteiger partial charge >= 0.3 is 0 Å². The number of anilines is 1. The minimum absolute atomic E-state index is 0.0137. The minimum atomic E-state index is -0.390. The van der Waals surface area contributed by atoms with Crippen molar-refractivity contribution < 1.29 is 9.53 Å². The van der Waals surface area contributed by atoms with Crippen molar-refractivity contribution in [3.63, 3.8) is 0 Å². The molecule has 1 heterocycles. The van der Waals surface area contributed by atoms with Crippen molar-refractivity contribution in [2.75, 3.05) is 25.5 Å². The van der Waals surface area contributed by atoms with Crippen molar-refractivity contribution in [2.45, 2.75) is 32.3 Å². The van der Waals surface area contributed by atoms with E-state index in [1.807, 2.05) is 20.2 Å². The van der Waals surface area contributed by atoms with Gasteiger partial charge in [-0.3, -0.25) is 4.79 Å². The second-order valence-electron chi connectivity index (χ2n) is 5.02. The van der Waals surface area contributed by atoms with E-state index in [0.29, 0.717) is 0 Å². The second kappa shape index (κ2) is 6.06. The highest BCUT2D eigenvalue weighted by atomic mass is 16.5. The Labute approximate surface area is 114 Å². The fourth-order valence-electron chi connectivity index (χ4n) is 2.34. The maximum atomic E-state index is 11.9. The number of rotatable bonds is 5. The summed E-state index contributed by atoms with van der Waals surface area (Å²) in [7, 11) is 3.78. The zero-order chi connectivity index (χ0) is 13.8. The summed E-state index contributed by atoms with van der Waals surface area (Å²) in [4.78, 5) is 13.6. The summed E-state index contributed by atoms with van der Waals surface area (Å²) in [6.45, 7) is 2.83. The molecule has 0 fully saturated rings. The molecule has 1 atom stereocenters. The third-order valence-electron chi connectivity index (χ3n) is 3.51. The molecule has 104 valence electrons. The van der Waals surface area contributed by atoms with Gasteiger partial charge in [-0.1, -0.05) is 6.07 Å². The summed E-state index contributed by atoms with van der Waals surface area (Å²) in [5, 5.41) is 3.15. The lowest BCUT2D eigenvalue weighted by atomic mass is 10.1. The number of carbonyl (C=O) groups excluding carboxylic acids is 1. The van der Waals surface area contributed by atoms with E-state index in [0.717, 1.165) is 37.2 Å². The minimum Gasteiger partial charge on any atom is -0.479 e. The summed E-state index contributed by atoms with van der Waals surface area (Å²) in [6.07, 6.45) is 2.95. The van der Waals surface area contributed by atoms with Crippen LogP contribution in [-0.2, 0) is 11.2 Å². The highest BCUT2D eigenvalue weighted by Crippen LogP contribution is 2.34. The Morgan fingerprint density at radius 1 is 1.37 bits per heavy atom. The van der Waals surface area contributed by atoms with Crippen LogP contribution in [-0.4, -0.2) is 32.7 Å². The summed E-state index contributed by atoms with van der Waals surface area (Å²) < 4.78 is 5.61. The molecule has 1 aliphatic rings. The van der Waals surface area contributed by atoms with E-state index in [-0.39, 0.29) is 12.0 Å². The van der Waals surface area contributed by atoms with E-state index < -0.39 is 0 Å². The lowest BCUT2D eigenvalue weighted by Crippen LogP contribution is -2.42. The SMILES string of the molecule is CNCCCCc1ccc2c(c1)N(C)C(=O)C(C)O2. The van der Waals surface area contributed by atoms with Gasteiger partial charge in [-0.2, -0.15) is 0 Å². The molecule has 0 spiro atoms. The summed E-state index contributed by atoms with van der Waals surface area (Å²) in [6, 6.07) is 6.13. The van der Waals surface area contributed by atoms with Crippen LogP contribution in [0.2, 0.25) is 0 Å². The smallest absolute Gasteiger partial charge is 0.267 e. The van der Waals surface area contributed by atoms with Crippen LogP contribution in [0.1, 0.15) is 25.3 Å². The molecule has 1 aliphatic heterocycles. The molecule has 2 rings (SSSR count). The van der Waals surface area contributed by atoms with Gasteiger partial charge in [-0.15, -0.1) is 0 Å². The third-order valence-corrected chi connectivity index (χ3v) is 3.51. The maximum absolute atomic E-state index is 11.9. The molecule has 19 heavy (non-hydrogen) atoms. The van der Waals surface area contributed by atoms with Gasteiger partial charge < -0.3 is 15.0 Å². The largest absolute Gasteiger partial charge is 0.479 e. The third kappa shape index (κ3) is 3.07. The predicted molar refractivity (Wildman–Crippen MR) is 76.8 cm³/mol. The highest BCUT2D eigenvalue weighted by Gasteiger charge is 2.28. The molecule has 1 N–H and O–H groups in total. The quantitative estimate of drug-likeness (QED) is 0.825. The number of nitrogens with one attached hydrogen (secondary N) is 1. The summed E-state index contributed by atoms with van der Waals surface area (Å²) >= 11 is 0. The predicted octanol–water partition coefficient (Wildman–Crippen LogP) is 1.97. The van der Waals surface area contributed by atoms with Gasteiger partial charge in [-0.25, -0.2) is 0 Å². The van der Waals surface area contributed by atoms with Crippen molar-refractivity contribution in [1.29, 1.82) is 0 Å². The van der Waals surface area contributed by atoms with Gasteiger partial charge in [0.2, 0.25) is 0 Å². The molecular weight excluding hydrogens is 240 g/mol. The first kappa shape index (κ1) is 13.9. The second-order valence-corrected chi connectivity index (χ2v) is 5.02. The number of benzene rings is 1. The first-order chi connectivity index (χ1) is 9.13. The number of carbonyl (C=O) groups is 1. The number of hydrogen-bond donors (Lipinski definition) is 1. The van der Waals surface area contributed by atoms with E-state index in [1.54, 1.807) is 11.8 Å². The normalized spacial score (nSPS) is 18.2. The standard InChI is InChI=1S/C15H22N2O2/c1-11-15(18)17(3)13-10-12(6-4-5-9-16-2)7-8-14(13)19-11/h7-8,10-11,16H,4-6,9H2,1-3H3. The van der Waals surface area contributed by atoms with E-state index in [9.17, 15) is 4.79 Å². The van der Waals surface area contributed by atoms with Crippen molar-refractivity contribution >= 4 is 11.6 Å². The number of unbranched alkanes of at least 4 members (excludes halogenated alkanes) is 1. The molecule has 1 aromatic rings. The number of ether oxygens (including phenoxy) is 1. The molecular formula is C15H22N2O2. The first-order valence-corrected chi connectivity index (χ1v) is 6.85. The van der Waals surface area contributed by atoms with Gasteiger partial charge in [0.05, 0.1) is 5.69 Å². The molecule has 0 bridgehead atoms. The van der Waals surface area contributed by atoms with Gasteiger partial charge in [0.1, 0.15) is 5.75 Å². The van der Waals surface area contributed by atoms with Crippen LogP contribution in [0, 0.1) is 0 Å². The molecule has 0 aliphatic carbocycles. The van der Waals surface area contributed by atoms with E-state index >= 15 is 0 Å². The molecule has 0 saturated heterocycles. The van der Waals surface area contributed by atoms with Crippen LogP contribution in [0.15, 0.2) is 18.2 Å². The number of nitrogens with zero attached hydrogens (tertiary/aromatic N) is 1. The fraction of sp³-hybridized carbons (Fsp3) is 0.533. The van der Waals surface area contributed by atoms with Gasteiger partial charge in [0.25, 0.3) is 5.91 Å². The van der Waals surface area contributed by atoms with Crippen LogP contribution >= 0.6 is 0 Å². The van der Waals surface area contributed by atoms with Crippen molar-refractivity contribution in [3.05, 3.63) is 23.8 Å².